The number of aryl methyl sites for hydroxylation is 2. The molecular weight excluding hydrogens is 455 g/mol. The van der Waals surface area contributed by atoms with Gasteiger partial charge in [0.1, 0.15) is 0 Å². The van der Waals surface area contributed by atoms with Crippen molar-refractivity contribution in [3.8, 4) is 0 Å². The molecule has 4 nitrogen and oxygen atoms in total. The number of aromatic nitrogens is 1. The van der Waals surface area contributed by atoms with Crippen LogP contribution in [0.2, 0.25) is 5.02 Å². The Labute approximate surface area is 170 Å². The Morgan fingerprint density at radius 2 is 2.00 bits per heavy atom. The maximum absolute atomic E-state index is 5.90. The maximum atomic E-state index is 5.90. The summed E-state index contributed by atoms with van der Waals surface area (Å²) in [5.74, 6) is 0.845. The van der Waals surface area contributed by atoms with Gasteiger partial charge < -0.3 is 10.6 Å². The summed E-state index contributed by atoms with van der Waals surface area (Å²) in [6, 6.07) is 7.78. The zero-order valence-electron chi connectivity index (χ0n) is 14.0. The van der Waals surface area contributed by atoms with E-state index in [-0.39, 0.29) is 24.0 Å². The molecule has 2 aromatic rings. The van der Waals surface area contributed by atoms with E-state index in [2.05, 4.69) is 32.9 Å². The molecule has 0 atom stereocenters. The summed E-state index contributed by atoms with van der Waals surface area (Å²) < 4.78 is 0. The van der Waals surface area contributed by atoms with E-state index in [9.17, 15) is 0 Å². The molecule has 0 fully saturated rings. The average Bonchev–Trinajstić information content (AvgIpc) is 2.96. The first-order valence-electron chi connectivity index (χ1n) is 7.85. The molecule has 0 spiro atoms. The first kappa shape index (κ1) is 21.2. The number of nitrogens with zero attached hydrogens (tertiary/aromatic N) is 2. The molecule has 1 aromatic carbocycles. The van der Waals surface area contributed by atoms with E-state index < -0.39 is 0 Å². The molecule has 7 heteroatoms. The Kier molecular flexibility index (Phi) is 10.3. The van der Waals surface area contributed by atoms with Gasteiger partial charge in [-0.15, -0.1) is 35.3 Å². The molecule has 132 valence electrons. The van der Waals surface area contributed by atoms with Crippen LogP contribution in [-0.2, 0) is 13.0 Å². The largest absolute Gasteiger partial charge is 0.357 e. The number of halogens is 2. The first-order chi connectivity index (χ1) is 11.2. The van der Waals surface area contributed by atoms with Crippen LogP contribution in [0.4, 0.5) is 0 Å². The van der Waals surface area contributed by atoms with E-state index in [1.54, 1.807) is 11.3 Å². The molecule has 1 heterocycles. The molecule has 0 aliphatic carbocycles. The summed E-state index contributed by atoms with van der Waals surface area (Å²) >= 11 is 7.63. The van der Waals surface area contributed by atoms with Gasteiger partial charge in [0.2, 0.25) is 0 Å². The summed E-state index contributed by atoms with van der Waals surface area (Å²) in [6.07, 6.45) is 2.04. The number of benzene rings is 1. The molecule has 0 saturated carbocycles. The van der Waals surface area contributed by atoms with Gasteiger partial charge in [0, 0.05) is 35.6 Å². The standard InChI is InChI=1S/C17H23ClN4S.HI/c1-3-19-17(21-11-14-6-8-15(18)9-7-14)20-10-4-5-16-22-13(2)12-23-16;/h6-9,12H,3-5,10-11H2,1-2H3,(H2,19,20,21);1H. The Morgan fingerprint density at radius 3 is 2.62 bits per heavy atom. The lowest BCUT2D eigenvalue weighted by Crippen LogP contribution is -2.37. The highest BCUT2D eigenvalue weighted by molar-refractivity contribution is 14.0. The van der Waals surface area contributed by atoms with Crippen molar-refractivity contribution < 1.29 is 0 Å². The molecule has 0 radical (unpaired) electrons. The Balaban J connectivity index is 0.00000288. The van der Waals surface area contributed by atoms with Crippen LogP contribution in [0.5, 0.6) is 0 Å². The third kappa shape index (κ3) is 7.81. The number of nitrogens with one attached hydrogen (secondary N) is 2. The molecule has 0 aliphatic heterocycles. The molecule has 1 aromatic heterocycles. The fourth-order valence-electron chi connectivity index (χ4n) is 2.07. The van der Waals surface area contributed by atoms with Crippen LogP contribution in [0.1, 0.15) is 29.6 Å². The molecular formula is C17H24ClIN4S. The normalized spacial score (nSPS) is 11.0. The summed E-state index contributed by atoms with van der Waals surface area (Å²) in [4.78, 5) is 9.08. The van der Waals surface area contributed by atoms with Gasteiger partial charge in [-0.1, -0.05) is 23.7 Å². The molecule has 2 N–H and O–H groups in total. The summed E-state index contributed by atoms with van der Waals surface area (Å²) in [6.45, 7) is 6.46. The minimum absolute atomic E-state index is 0. The molecule has 0 aliphatic rings. The fourth-order valence-corrected chi connectivity index (χ4v) is 3.01. The quantitative estimate of drug-likeness (QED) is 0.268. The van der Waals surface area contributed by atoms with E-state index in [1.807, 2.05) is 31.2 Å². The second-order valence-electron chi connectivity index (χ2n) is 5.23. The van der Waals surface area contributed by atoms with Crippen molar-refractivity contribution in [2.75, 3.05) is 13.1 Å². The lowest BCUT2D eigenvalue weighted by molar-refractivity contribution is 0.740. The number of hydrogen-bond donors (Lipinski definition) is 2. The van der Waals surface area contributed by atoms with Gasteiger partial charge in [-0.25, -0.2) is 9.98 Å². The van der Waals surface area contributed by atoms with Crippen molar-refractivity contribution >= 4 is 52.9 Å². The predicted molar refractivity (Wildman–Crippen MR) is 115 cm³/mol. The van der Waals surface area contributed by atoms with E-state index in [0.717, 1.165) is 48.2 Å². The number of aliphatic imine (C=N–C) groups is 1. The minimum Gasteiger partial charge on any atom is -0.357 e. The topological polar surface area (TPSA) is 49.3 Å². The summed E-state index contributed by atoms with van der Waals surface area (Å²) in [5, 5.41) is 10.7. The third-order valence-electron chi connectivity index (χ3n) is 3.20. The smallest absolute Gasteiger partial charge is 0.191 e. The Hall–Kier alpha value is -0.860. The molecule has 0 bridgehead atoms. The van der Waals surface area contributed by atoms with Crippen molar-refractivity contribution in [2.45, 2.75) is 33.2 Å². The van der Waals surface area contributed by atoms with Gasteiger partial charge in [-0.3, -0.25) is 0 Å². The fraction of sp³-hybridized carbons (Fsp3) is 0.412. The molecule has 0 unspecified atom stereocenters. The Bertz CT molecular complexity index is 628. The van der Waals surface area contributed by atoms with Crippen LogP contribution in [0.3, 0.4) is 0 Å². The lowest BCUT2D eigenvalue weighted by Gasteiger charge is -2.11. The van der Waals surface area contributed by atoms with Crippen molar-refractivity contribution in [2.24, 2.45) is 4.99 Å². The van der Waals surface area contributed by atoms with Crippen molar-refractivity contribution in [3.05, 3.63) is 50.9 Å². The summed E-state index contributed by atoms with van der Waals surface area (Å²) in [7, 11) is 0. The number of thiazole rings is 1. The van der Waals surface area contributed by atoms with Crippen molar-refractivity contribution in [1.29, 1.82) is 0 Å². The van der Waals surface area contributed by atoms with E-state index >= 15 is 0 Å². The number of hydrogen-bond acceptors (Lipinski definition) is 3. The van der Waals surface area contributed by atoms with Crippen LogP contribution in [0.25, 0.3) is 0 Å². The predicted octanol–water partition coefficient (Wildman–Crippen LogP) is 4.41. The lowest BCUT2D eigenvalue weighted by atomic mass is 10.2. The first-order valence-corrected chi connectivity index (χ1v) is 9.10. The van der Waals surface area contributed by atoms with Crippen LogP contribution in [0, 0.1) is 6.92 Å². The second kappa shape index (κ2) is 11.7. The number of guanidine groups is 1. The van der Waals surface area contributed by atoms with E-state index in [0.29, 0.717) is 6.54 Å². The van der Waals surface area contributed by atoms with Gasteiger partial charge >= 0.3 is 0 Å². The van der Waals surface area contributed by atoms with Crippen LogP contribution >= 0.6 is 46.9 Å². The van der Waals surface area contributed by atoms with Crippen molar-refractivity contribution in [3.63, 3.8) is 0 Å². The summed E-state index contributed by atoms with van der Waals surface area (Å²) in [5.41, 5.74) is 2.25. The maximum Gasteiger partial charge on any atom is 0.191 e. The highest BCUT2D eigenvalue weighted by atomic mass is 127. The van der Waals surface area contributed by atoms with Gasteiger partial charge in [-0.2, -0.15) is 0 Å². The van der Waals surface area contributed by atoms with Gasteiger partial charge in [0.05, 0.1) is 11.6 Å². The van der Waals surface area contributed by atoms with Gasteiger partial charge in [0.25, 0.3) is 0 Å². The average molecular weight is 479 g/mol. The monoisotopic (exact) mass is 478 g/mol. The third-order valence-corrected chi connectivity index (χ3v) is 4.48. The van der Waals surface area contributed by atoms with Crippen LogP contribution in [0.15, 0.2) is 34.6 Å². The van der Waals surface area contributed by atoms with E-state index in [4.69, 9.17) is 11.6 Å². The van der Waals surface area contributed by atoms with Crippen LogP contribution < -0.4 is 10.6 Å². The molecule has 2 rings (SSSR count). The van der Waals surface area contributed by atoms with Gasteiger partial charge in [0.15, 0.2) is 5.96 Å². The zero-order chi connectivity index (χ0) is 16.5. The molecule has 0 amide bonds. The number of rotatable bonds is 7. The molecule has 0 saturated heterocycles. The van der Waals surface area contributed by atoms with Crippen molar-refractivity contribution in [1.82, 2.24) is 15.6 Å². The molecule has 24 heavy (non-hydrogen) atoms. The Morgan fingerprint density at radius 1 is 1.25 bits per heavy atom. The highest BCUT2D eigenvalue weighted by Crippen LogP contribution is 2.11. The SMILES string of the molecule is CCNC(=NCc1ccc(Cl)cc1)NCCCc1nc(C)cs1.I. The zero-order valence-corrected chi connectivity index (χ0v) is 17.9. The highest BCUT2D eigenvalue weighted by Gasteiger charge is 2.00. The second-order valence-corrected chi connectivity index (χ2v) is 6.61. The van der Waals surface area contributed by atoms with Crippen LogP contribution in [-0.4, -0.2) is 24.0 Å². The minimum atomic E-state index is 0. The van der Waals surface area contributed by atoms with E-state index in [1.165, 1.54) is 5.01 Å². The van der Waals surface area contributed by atoms with Gasteiger partial charge in [-0.05, 0) is 38.0 Å².